The molecule has 1 heterocycles. The van der Waals surface area contributed by atoms with Crippen molar-refractivity contribution in [2.75, 3.05) is 7.05 Å². The number of aromatic hydroxyl groups is 1. The third kappa shape index (κ3) is 1.85. The van der Waals surface area contributed by atoms with E-state index in [9.17, 15) is 9.90 Å². The summed E-state index contributed by atoms with van der Waals surface area (Å²) in [7, 11) is 1.79. The van der Waals surface area contributed by atoms with Crippen LogP contribution < -0.4 is 15.6 Å². The number of benzene rings is 1. The van der Waals surface area contributed by atoms with Crippen molar-refractivity contribution in [2.45, 2.75) is 6.54 Å². The number of rotatable bonds is 2. The maximum atomic E-state index is 11.1. The minimum atomic E-state index is -0.356. The lowest BCUT2D eigenvalue weighted by Crippen LogP contribution is -2.24. The number of amides is 1. The highest BCUT2D eigenvalue weighted by Crippen LogP contribution is 2.35. The summed E-state index contributed by atoms with van der Waals surface area (Å²) in [5, 5.41) is 12.9. The van der Waals surface area contributed by atoms with Crippen molar-refractivity contribution in [1.82, 2.24) is 10.8 Å². The number of fused-ring (bicyclic) bond motifs is 1. The average Bonchev–Trinajstić information content (AvgIpc) is 2.46. The topological polar surface area (TPSA) is 70.6 Å². The minimum Gasteiger partial charge on any atom is -0.504 e. The molecular weight excluding hydrogens is 208 g/mol. The van der Waals surface area contributed by atoms with Crippen LogP contribution >= 0.6 is 0 Å². The molecule has 0 spiro atoms. The lowest BCUT2D eigenvalue weighted by Gasteiger charge is -2.11. The van der Waals surface area contributed by atoms with Crippen LogP contribution in [-0.4, -0.2) is 18.1 Å². The molecule has 1 aromatic carbocycles. The van der Waals surface area contributed by atoms with Gasteiger partial charge in [0.1, 0.15) is 0 Å². The normalized spacial score (nSPS) is 13.7. The van der Waals surface area contributed by atoms with Crippen LogP contribution in [0.1, 0.15) is 11.1 Å². The predicted octanol–water partition coefficient (Wildman–Crippen LogP) is 0.548. The van der Waals surface area contributed by atoms with E-state index in [4.69, 9.17) is 4.84 Å². The molecule has 16 heavy (non-hydrogen) atoms. The van der Waals surface area contributed by atoms with Gasteiger partial charge in [-0.3, -0.25) is 4.79 Å². The van der Waals surface area contributed by atoms with Crippen LogP contribution in [0.3, 0.4) is 0 Å². The van der Waals surface area contributed by atoms with Crippen LogP contribution in [0.25, 0.3) is 6.08 Å². The molecule has 5 nitrogen and oxygen atoms in total. The summed E-state index contributed by atoms with van der Waals surface area (Å²) in [5.74, 6) is -0.0423. The van der Waals surface area contributed by atoms with E-state index in [0.29, 0.717) is 17.7 Å². The summed E-state index contributed by atoms with van der Waals surface area (Å²) in [4.78, 5) is 16.1. The van der Waals surface area contributed by atoms with Crippen molar-refractivity contribution in [3.63, 3.8) is 0 Å². The van der Waals surface area contributed by atoms with Gasteiger partial charge in [0.25, 0.3) is 5.91 Å². The van der Waals surface area contributed by atoms with Crippen LogP contribution in [0.2, 0.25) is 0 Å². The molecule has 3 N–H and O–H groups in total. The quantitative estimate of drug-likeness (QED) is 0.680. The molecule has 2 rings (SSSR count). The maximum absolute atomic E-state index is 11.1. The van der Waals surface area contributed by atoms with E-state index in [-0.39, 0.29) is 17.4 Å². The fourth-order valence-corrected chi connectivity index (χ4v) is 1.50. The van der Waals surface area contributed by atoms with Crippen molar-refractivity contribution in [1.29, 1.82) is 0 Å². The Morgan fingerprint density at radius 2 is 2.25 bits per heavy atom. The highest BCUT2D eigenvalue weighted by atomic mass is 16.7. The SMILES string of the molecule is CNCc1ccc2c(c1O)ONC(=O)C=C2. The molecule has 0 unspecified atom stereocenters. The number of carbonyl (C=O) groups is 1. The molecular formula is C11H12N2O3. The zero-order valence-electron chi connectivity index (χ0n) is 8.78. The molecule has 84 valence electrons. The van der Waals surface area contributed by atoms with E-state index in [1.54, 1.807) is 25.3 Å². The van der Waals surface area contributed by atoms with Crippen molar-refractivity contribution in [3.05, 3.63) is 29.3 Å². The van der Waals surface area contributed by atoms with Gasteiger partial charge < -0.3 is 15.3 Å². The Balaban J connectivity index is 2.44. The molecule has 0 aliphatic carbocycles. The van der Waals surface area contributed by atoms with E-state index in [0.717, 1.165) is 0 Å². The molecule has 0 fully saturated rings. The van der Waals surface area contributed by atoms with E-state index < -0.39 is 0 Å². The Hall–Kier alpha value is -2.01. The molecule has 0 bridgehead atoms. The molecule has 0 atom stereocenters. The number of phenols is 1. The third-order valence-corrected chi connectivity index (χ3v) is 2.28. The first-order valence-electron chi connectivity index (χ1n) is 4.86. The van der Waals surface area contributed by atoms with Crippen molar-refractivity contribution in [2.24, 2.45) is 0 Å². The second-order valence-electron chi connectivity index (χ2n) is 3.42. The Labute approximate surface area is 92.7 Å². The fourth-order valence-electron chi connectivity index (χ4n) is 1.50. The molecule has 0 saturated heterocycles. The van der Waals surface area contributed by atoms with Gasteiger partial charge in [-0.05, 0) is 13.1 Å². The number of nitrogens with one attached hydrogen (secondary N) is 2. The molecule has 1 aliphatic rings. The largest absolute Gasteiger partial charge is 0.504 e. The monoisotopic (exact) mass is 220 g/mol. The predicted molar refractivity (Wildman–Crippen MR) is 58.7 cm³/mol. The summed E-state index contributed by atoms with van der Waals surface area (Å²) in [5.41, 5.74) is 3.58. The summed E-state index contributed by atoms with van der Waals surface area (Å²) in [6.07, 6.45) is 2.95. The van der Waals surface area contributed by atoms with Crippen molar-refractivity contribution < 1.29 is 14.7 Å². The lowest BCUT2D eigenvalue weighted by atomic mass is 10.1. The second-order valence-corrected chi connectivity index (χ2v) is 3.42. The first-order chi connectivity index (χ1) is 7.72. The standard InChI is InChI=1S/C11H12N2O3/c1-12-6-8-3-2-7-4-5-9(14)13-16-11(7)10(8)15/h2-5,12,15H,6H2,1H3,(H,13,14). The molecule has 0 radical (unpaired) electrons. The minimum absolute atomic E-state index is 0.0405. The highest BCUT2D eigenvalue weighted by molar-refractivity contribution is 5.92. The van der Waals surface area contributed by atoms with Gasteiger partial charge in [-0.2, -0.15) is 5.48 Å². The third-order valence-electron chi connectivity index (χ3n) is 2.28. The van der Waals surface area contributed by atoms with E-state index in [1.165, 1.54) is 6.08 Å². The second kappa shape index (κ2) is 4.24. The zero-order chi connectivity index (χ0) is 11.5. The first kappa shape index (κ1) is 10.5. The smallest absolute Gasteiger partial charge is 0.276 e. The maximum Gasteiger partial charge on any atom is 0.276 e. The van der Waals surface area contributed by atoms with Gasteiger partial charge in [0.05, 0.1) is 0 Å². The van der Waals surface area contributed by atoms with Crippen LogP contribution in [0.5, 0.6) is 11.5 Å². The van der Waals surface area contributed by atoms with Gasteiger partial charge in [0, 0.05) is 23.7 Å². The summed E-state index contributed by atoms with van der Waals surface area (Å²) < 4.78 is 0. The molecule has 1 amide bonds. The Morgan fingerprint density at radius 1 is 1.44 bits per heavy atom. The Bertz CT molecular complexity index is 455. The number of phenolic OH excluding ortho intramolecular Hbond substituents is 1. The van der Waals surface area contributed by atoms with Crippen LogP contribution in [-0.2, 0) is 11.3 Å². The van der Waals surface area contributed by atoms with Gasteiger partial charge >= 0.3 is 0 Å². The summed E-state index contributed by atoms with van der Waals surface area (Å²) >= 11 is 0. The van der Waals surface area contributed by atoms with E-state index in [2.05, 4.69) is 10.8 Å². The fraction of sp³-hybridized carbons (Fsp3) is 0.182. The van der Waals surface area contributed by atoms with E-state index >= 15 is 0 Å². The van der Waals surface area contributed by atoms with Crippen LogP contribution in [0.15, 0.2) is 18.2 Å². The Morgan fingerprint density at radius 3 is 3.00 bits per heavy atom. The van der Waals surface area contributed by atoms with Gasteiger partial charge in [-0.25, -0.2) is 0 Å². The molecule has 5 heteroatoms. The first-order valence-corrected chi connectivity index (χ1v) is 4.86. The number of hydroxylamine groups is 1. The number of hydrogen-bond acceptors (Lipinski definition) is 4. The summed E-state index contributed by atoms with van der Waals surface area (Å²) in [6.45, 7) is 0.528. The average molecular weight is 220 g/mol. The molecule has 0 aromatic heterocycles. The number of hydrogen-bond donors (Lipinski definition) is 3. The summed E-state index contributed by atoms with van der Waals surface area (Å²) in [6, 6.07) is 3.58. The van der Waals surface area contributed by atoms with Gasteiger partial charge in [-0.1, -0.05) is 12.1 Å². The highest BCUT2D eigenvalue weighted by Gasteiger charge is 2.16. The van der Waals surface area contributed by atoms with Gasteiger partial charge in [-0.15, -0.1) is 0 Å². The molecule has 1 aromatic rings. The number of carbonyl (C=O) groups excluding carboxylic acids is 1. The zero-order valence-corrected chi connectivity index (χ0v) is 8.78. The van der Waals surface area contributed by atoms with E-state index in [1.807, 2.05) is 0 Å². The van der Waals surface area contributed by atoms with Crippen LogP contribution in [0, 0.1) is 0 Å². The molecule has 1 aliphatic heterocycles. The van der Waals surface area contributed by atoms with Crippen LogP contribution in [0.4, 0.5) is 0 Å². The van der Waals surface area contributed by atoms with Gasteiger partial charge in [0.2, 0.25) is 5.75 Å². The lowest BCUT2D eigenvalue weighted by molar-refractivity contribution is -0.122. The Kier molecular flexibility index (Phi) is 2.78. The van der Waals surface area contributed by atoms with Crippen molar-refractivity contribution in [3.8, 4) is 11.5 Å². The van der Waals surface area contributed by atoms with Gasteiger partial charge in [0.15, 0.2) is 5.75 Å². The molecule has 0 saturated carbocycles. The van der Waals surface area contributed by atoms with Crippen molar-refractivity contribution >= 4 is 12.0 Å².